The smallest absolute Gasteiger partial charge is 0.301 e. The standard InChI is InChI=1S/C13H22N2O3S/c1-10(2)15(4)19(16,17)14-13-8-6-7-12(9-13)11(3)18-5/h6-11,14H,1-5H3/t11-/m1/s1. The zero-order valence-corrected chi connectivity index (χ0v) is 12.9. The summed E-state index contributed by atoms with van der Waals surface area (Å²) < 4.78 is 33.2. The third-order valence-electron chi connectivity index (χ3n) is 3.06. The molecule has 0 unspecified atom stereocenters. The second-order valence-corrected chi connectivity index (χ2v) is 6.45. The van der Waals surface area contributed by atoms with Crippen molar-refractivity contribution in [3.8, 4) is 0 Å². The molecule has 108 valence electrons. The van der Waals surface area contributed by atoms with Gasteiger partial charge in [-0.1, -0.05) is 12.1 Å². The molecule has 0 saturated carbocycles. The maximum Gasteiger partial charge on any atom is 0.301 e. The van der Waals surface area contributed by atoms with Gasteiger partial charge in [-0.05, 0) is 38.5 Å². The molecule has 0 aliphatic heterocycles. The lowest BCUT2D eigenvalue weighted by molar-refractivity contribution is 0.119. The van der Waals surface area contributed by atoms with E-state index in [9.17, 15) is 8.42 Å². The van der Waals surface area contributed by atoms with Crippen molar-refractivity contribution in [3.05, 3.63) is 29.8 Å². The van der Waals surface area contributed by atoms with Crippen LogP contribution in [0.5, 0.6) is 0 Å². The van der Waals surface area contributed by atoms with Crippen molar-refractivity contribution in [2.45, 2.75) is 32.9 Å². The topological polar surface area (TPSA) is 58.6 Å². The van der Waals surface area contributed by atoms with E-state index in [1.54, 1.807) is 32.4 Å². The average molecular weight is 286 g/mol. The minimum absolute atomic E-state index is 0.0766. The fourth-order valence-electron chi connectivity index (χ4n) is 1.49. The Bertz CT molecular complexity index is 514. The van der Waals surface area contributed by atoms with Crippen LogP contribution in [0.1, 0.15) is 32.4 Å². The molecule has 0 spiro atoms. The Kier molecular flexibility index (Phi) is 5.34. The highest BCUT2D eigenvalue weighted by atomic mass is 32.2. The minimum Gasteiger partial charge on any atom is -0.377 e. The molecule has 0 radical (unpaired) electrons. The maximum absolute atomic E-state index is 12.1. The number of hydrogen-bond donors (Lipinski definition) is 1. The molecule has 0 aromatic heterocycles. The van der Waals surface area contributed by atoms with Crippen molar-refractivity contribution in [3.63, 3.8) is 0 Å². The summed E-state index contributed by atoms with van der Waals surface area (Å²) in [4.78, 5) is 0. The number of nitrogens with zero attached hydrogens (tertiary/aromatic N) is 1. The maximum atomic E-state index is 12.1. The summed E-state index contributed by atoms with van der Waals surface area (Å²) >= 11 is 0. The zero-order chi connectivity index (χ0) is 14.6. The minimum atomic E-state index is -3.52. The number of rotatable bonds is 6. The van der Waals surface area contributed by atoms with Gasteiger partial charge >= 0.3 is 10.2 Å². The van der Waals surface area contributed by atoms with E-state index < -0.39 is 10.2 Å². The molecule has 0 aliphatic rings. The van der Waals surface area contributed by atoms with E-state index >= 15 is 0 Å². The van der Waals surface area contributed by atoms with Gasteiger partial charge < -0.3 is 4.74 Å². The lowest BCUT2D eigenvalue weighted by atomic mass is 10.1. The van der Waals surface area contributed by atoms with Gasteiger partial charge in [0.1, 0.15) is 0 Å². The van der Waals surface area contributed by atoms with Crippen LogP contribution in [-0.4, -0.2) is 32.9 Å². The molecule has 1 rings (SSSR count). The van der Waals surface area contributed by atoms with Crippen LogP contribution in [-0.2, 0) is 14.9 Å². The van der Waals surface area contributed by atoms with E-state index in [1.165, 1.54) is 4.31 Å². The molecule has 0 amide bonds. The van der Waals surface area contributed by atoms with Crippen molar-refractivity contribution in [2.75, 3.05) is 18.9 Å². The molecule has 1 aromatic carbocycles. The summed E-state index contributed by atoms with van der Waals surface area (Å²) in [5.41, 5.74) is 1.46. The molecule has 0 heterocycles. The first kappa shape index (κ1) is 15.9. The second kappa shape index (κ2) is 6.36. The fourth-order valence-corrected chi connectivity index (χ4v) is 2.61. The Morgan fingerprint density at radius 1 is 1.26 bits per heavy atom. The van der Waals surface area contributed by atoms with Gasteiger partial charge in [0.2, 0.25) is 0 Å². The van der Waals surface area contributed by atoms with Crippen LogP contribution in [0.2, 0.25) is 0 Å². The van der Waals surface area contributed by atoms with Crippen molar-refractivity contribution >= 4 is 15.9 Å². The van der Waals surface area contributed by atoms with Crippen LogP contribution in [0.15, 0.2) is 24.3 Å². The molecule has 5 nitrogen and oxygen atoms in total. The summed E-state index contributed by atoms with van der Waals surface area (Å²) in [5.74, 6) is 0. The van der Waals surface area contributed by atoms with Crippen LogP contribution >= 0.6 is 0 Å². The number of ether oxygens (including phenoxy) is 1. The molecule has 19 heavy (non-hydrogen) atoms. The largest absolute Gasteiger partial charge is 0.377 e. The fraction of sp³-hybridized carbons (Fsp3) is 0.538. The highest BCUT2D eigenvalue weighted by molar-refractivity contribution is 7.90. The molecule has 0 fully saturated rings. The van der Waals surface area contributed by atoms with E-state index in [2.05, 4.69) is 4.72 Å². The Balaban J connectivity index is 2.94. The van der Waals surface area contributed by atoms with E-state index in [-0.39, 0.29) is 12.1 Å². The van der Waals surface area contributed by atoms with Gasteiger partial charge in [0.05, 0.1) is 11.8 Å². The molecule has 0 aliphatic carbocycles. The van der Waals surface area contributed by atoms with Gasteiger partial charge in [-0.25, -0.2) is 0 Å². The molecular formula is C13H22N2O3S. The summed E-state index contributed by atoms with van der Waals surface area (Å²) in [7, 11) is -0.350. The molecule has 6 heteroatoms. The number of nitrogens with one attached hydrogen (secondary N) is 1. The summed E-state index contributed by atoms with van der Waals surface area (Å²) in [6.45, 7) is 5.55. The van der Waals surface area contributed by atoms with Gasteiger partial charge in [-0.2, -0.15) is 12.7 Å². The van der Waals surface area contributed by atoms with Crippen LogP contribution in [0.4, 0.5) is 5.69 Å². The van der Waals surface area contributed by atoms with Crippen LogP contribution < -0.4 is 4.72 Å². The van der Waals surface area contributed by atoms with E-state index in [0.29, 0.717) is 5.69 Å². The monoisotopic (exact) mass is 286 g/mol. The SMILES string of the molecule is CO[C@H](C)c1cccc(NS(=O)(=O)N(C)C(C)C)c1. The lowest BCUT2D eigenvalue weighted by Gasteiger charge is -2.22. The summed E-state index contributed by atoms with van der Waals surface area (Å²) in [6.07, 6.45) is -0.0766. The first-order chi connectivity index (χ1) is 8.77. The first-order valence-corrected chi connectivity index (χ1v) is 7.60. The molecule has 0 bridgehead atoms. The predicted molar refractivity (Wildman–Crippen MR) is 77.3 cm³/mol. The number of methoxy groups -OCH3 is 1. The van der Waals surface area contributed by atoms with Gasteiger partial charge in [-0.3, -0.25) is 4.72 Å². The van der Waals surface area contributed by atoms with Crippen LogP contribution in [0, 0.1) is 0 Å². The summed E-state index contributed by atoms with van der Waals surface area (Å²) in [5, 5.41) is 0. The summed E-state index contributed by atoms with van der Waals surface area (Å²) in [6, 6.07) is 7.10. The van der Waals surface area contributed by atoms with Crippen molar-refractivity contribution < 1.29 is 13.2 Å². The van der Waals surface area contributed by atoms with Crippen LogP contribution in [0.25, 0.3) is 0 Å². The Morgan fingerprint density at radius 3 is 2.42 bits per heavy atom. The number of benzene rings is 1. The Morgan fingerprint density at radius 2 is 1.89 bits per heavy atom. The highest BCUT2D eigenvalue weighted by Gasteiger charge is 2.20. The number of hydrogen-bond acceptors (Lipinski definition) is 3. The normalized spacial score (nSPS) is 13.8. The Hall–Kier alpha value is -1.11. The van der Waals surface area contributed by atoms with Crippen LogP contribution in [0.3, 0.4) is 0 Å². The van der Waals surface area contributed by atoms with E-state index in [0.717, 1.165) is 5.56 Å². The molecule has 0 saturated heterocycles. The van der Waals surface area contributed by atoms with E-state index in [4.69, 9.17) is 4.74 Å². The molecule has 1 aromatic rings. The van der Waals surface area contributed by atoms with Crippen molar-refractivity contribution in [1.82, 2.24) is 4.31 Å². The molecular weight excluding hydrogens is 264 g/mol. The third-order valence-corrected chi connectivity index (χ3v) is 4.74. The van der Waals surface area contributed by atoms with Crippen molar-refractivity contribution in [1.29, 1.82) is 0 Å². The average Bonchev–Trinajstić information content (AvgIpc) is 2.36. The van der Waals surface area contributed by atoms with Gasteiger partial charge in [0.15, 0.2) is 0 Å². The number of anilines is 1. The Labute approximate surface area is 115 Å². The molecule has 1 atom stereocenters. The lowest BCUT2D eigenvalue weighted by Crippen LogP contribution is -2.37. The van der Waals surface area contributed by atoms with Gasteiger partial charge in [-0.15, -0.1) is 0 Å². The third kappa shape index (κ3) is 4.19. The van der Waals surface area contributed by atoms with E-state index in [1.807, 2.05) is 26.8 Å². The zero-order valence-electron chi connectivity index (χ0n) is 12.0. The van der Waals surface area contributed by atoms with Gasteiger partial charge in [0.25, 0.3) is 0 Å². The highest BCUT2D eigenvalue weighted by Crippen LogP contribution is 2.21. The molecule has 1 N–H and O–H groups in total. The quantitative estimate of drug-likeness (QED) is 0.873. The second-order valence-electron chi connectivity index (χ2n) is 4.72. The predicted octanol–water partition coefficient (Wildman–Crippen LogP) is 2.39. The first-order valence-electron chi connectivity index (χ1n) is 6.16. The van der Waals surface area contributed by atoms with Crippen molar-refractivity contribution in [2.24, 2.45) is 0 Å². The van der Waals surface area contributed by atoms with Gasteiger partial charge in [0, 0.05) is 20.2 Å².